The molecule has 0 spiro atoms. The van der Waals surface area contributed by atoms with E-state index in [4.69, 9.17) is 0 Å². The molecule has 1 saturated heterocycles. The standard InChI is InChI=1S/C19H29N3O2/c1-4-5-6-15-7-9-16(10-8-15)18(14(2)3)21-13-17(23)22-12-11-20-19(22)24/h7-10,14,18,21H,4-6,11-13H2,1-3H3,(H,20,24)/t18-/m1/s1. The third-order valence-corrected chi connectivity index (χ3v) is 4.46. The van der Waals surface area contributed by atoms with Crippen LogP contribution in [0.25, 0.3) is 0 Å². The second-order valence-corrected chi connectivity index (χ2v) is 6.73. The molecule has 0 unspecified atom stereocenters. The van der Waals surface area contributed by atoms with Crippen molar-refractivity contribution in [2.75, 3.05) is 19.6 Å². The van der Waals surface area contributed by atoms with Crippen LogP contribution in [0.15, 0.2) is 24.3 Å². The zero-order chi connectivity index (χ0) is 17.5. The highest BCUT2D eigenvalue weighted by atomic mass is 16.2. The lowest BCUT2D eigenvalue weighted by Gasteiger charge is -2.24. The maximum atomic E-state index is 12.2. The van der Waals surface area contributed by atoms with Gasteiger partial charge < -0.3 is 10.6 Å². The molecule has 2 N–H and O–H groups in total. The van der Waals surface area contributed by atoms with Crippen LogP contribution < -0.4 is 10.6 Å². The first kappa shape index (κ1) is 18.5. The normalized spacial score (nSPS) is 15.7. The number of benzene rings is 1. The summed E-state index contributed by atoms with van der Waals surface area (Å²) in [4.78, 5) is 25.0. The first-order valence-electron chi connectivity index (χ1n) is 8.93. The molecular formula is C19H29N3O2. The van der Waals surface area contributed by atoms with Crippen LogP contribution >= 0.6 is 0 Å². The Labute approximate surface area is 144 Å². The molecular weight excluding hydrogens is 302 g/mol. The van der Waals surface area contributed by atoms with Crippen LogP contribution in [0.3, 0.4) is 0 Å². The predicted molar refractivity (Wildman–Crippen MR) is 95.7 cm³/mol. The third-order valence-electron chi connectivity index (χ3n) is 4.46. The van der Waals surface area contributed by atoms with Crippen molar-refractivity contribution in [3.05, 3.63) is 35.4 Å². The van der Waals surface area contributed by atoms with Gasteiger partial charge >= 0.3 is 6.03 Å². The molecule has 1 atom stereocenters. The summed E-state index contributed by atoms with van der Waals surface area (Å²) in [6, 6.07) is 8.46. The van der Waals surface area contributed by atoms with E-state index < -0.39 is 0 Å². The van der Waals surface area contributed by atoms with E-state index in [0.717, 1.165) is 6.42 Å². The van der Waals surface area contributed by atoms with Gasteiger partial charge in [-0.2, -0.15) is 0 Å². The number of carbonyl (C=O) groups excluding carboxylic acids is 2. The fourth-order valence-electron chi connectivity index (χ4n) is 3.01. The Bertz CT molecular complexity index is 554. The number of amides is 3. The highest BCUT2D eigenvalue weighted by molar-refractivity contribution is 5.96. The van der Waals surface area contributed by atoms with Gasteiger partial charge in [-0.05, 0) is 29.9 Å². The lowest BCUT2D eigenvalue weighted by molar-refractivity contribution is -0.126. The highest BCUT2D eigenvalue weighted by Crippen LogP contribution is 2.22. The highest BCUT2D eigenvalue weighted by Gasteiger charge is 2.26. The topological polar surface area (TPSA) is 61.4 Å². The number of hydrogen-bond acceptors (Lipinski definition) is 3. The van der Waals surface area contributed by atoms with Gasteiger partial charge in [0.25, 0.3) is 0 Å². The lowest BCUT2D eigenvalue weighted by atomic mass is 9.94. The Morgan fingerprint density at radius 2 is 2.00 bits per heavy atom. The number of nitrogens with one attached hydrogen (secondary N) is 2. The first-order valence-corrected chi connectivity index (χ1v) is 8.93. The van der Waals surface area contributed by atoms with Gasteiger partial charge in [0.15, 0.2) is 0 Å². The van der Waals surface area contributed by atoms with Crippen molar-refractivity contribution in [3.8, 4) is 0 Å². The Morgan fingerprint density at radius 3 is 2.54 bits per heavy atom. The zero-order valence-electron chi connectivity index (χ0n) is 15.0. The summed E-state index contributed by atoms with van der Waals surface area (Å²) in [5.41, 5.74) is 2.54. The number of urea groups is 1. The van der Waals surface area contributed by atoms with E-state index in [9.17, 15) is 9.59 Å². The van der Waals surface area contributed by atoms with Crippen molar-refractivity contribution in [1.82, 2.24) is 15.5 Å². The number of hydrogen-bond donors (Lipinski definition) is 2. The number of unbranched alkanes of at least 4 members (excludes halogenated alkanes) is 1. The molecule has 1 aromatic rings. The lowest BCUT2D eigenvalue weighted by Crippen LogP contribution is -2.41. The van der Waals surface area contributed by atoms with Crippen molar-refractivity contribution in [2.45, 2.75) is 46.1 Å². The average Bonchev–Trinajstić information content (AvgIpc) is 3.00. The number of carbonyl (C=O) groups is 2. The summed E-state index contributed by atoms with van der Waals surface area (Å²) in [6.07, 6.45) is 3.51. The van der Waals surface area contributed by atoms with Crippen LogP contribution in [-0.2, 0) is 11.2 Å². The fourth-order valence-corrected chi connectivity index (χ4v) is 3.01. The van der Waals surface area contributed by atoms with E-state index in [0.29, 0.717) is 19.0 Å². The molecule has 24 heavy (non-hydrogen) atoms. The van der Waals surface area contributed by atoms with Crippen LogP contribution in [0.4, 0.5) is 4.79 Å². The molecule has 1 aliphatic heterocycles. The molecule has 0 radical (unpaired) electrons. The second kappa shape index (κ2) is 8.83. The smallest absolute Gasteiger partial charge is 0.324 e. The maximum absolute atomic E-state index is 12.2. The number of imide groups is 1. The first-order chi connectivity index (χ1) is 11.5. The van der Waals surface area contributed by atoms with Gasteiger partial charge in [-0.25, -0.2) is 4.79 Å². The van der Waals surface area contributed by atoms with E-state index in [-0.39, 0.29) is 24.5 Å². The number of aryl methyl sites for hydroxylation is 1. The largest absolute Gasteiger partial charge is 0.336 e. The van der Waals surface area contributed by atoms with Crippen LogP contribution in [0.5, 0.6) is 0 Å². The molecule has 0 aromatic heterocycles. The predicted octanol–water partition coefficient (Wildman–Crippen LogP) is 2.87. The van der Waals surface area contributed by atoms with Gasteiger partial charge in [0.1, 0.15) is 0 Å². The fraction of sp³-hybridized carbons (Fsp3) is 0.579. The molecule has 2 rings (SSSR count). The molecule has 0 saturated carbocycles. The summed E-state index contributed by atoms with van der Waals surface area (Å²) >= 11 is 0. The van der Waals surface area contributed by atoms with Crippen LogP contribution in [0, 0.1) is 5.92 Å². The van der Waals surface area contributed by atoms with Gasteiger partial charge in [0.05, 0.1) is 6.54 Å². The number of nitrogens with zero attached hydrogens (tertiary/aromatic N) is 1. The Morgan fingerprint density at radius 1 is 1.29 bits per heavy atom. The van der Waals surface area contributed by atoms with Gasteiger partial charge in [-0.1, -0.05) is 51.5 Å². The summed E-state index contributed by atoms with van der Waals surface area (Å²) < 4.78 is 0. The minimum atomic E-state index is -0.289. The van der Waals surface area contributed by atoms with E-state index in [2.05, 4.69) is 55.7 Å². The summed E-state index contributed by atoms with van der Waals surface area (Å²) in [7, 11) is 0. The Hall–Kier alpha value is -1.88. The van der Waals surface area contributed by atoms with Crippen LogP contribution in [0.2, 0.25) is 0 Å². The quantitative estimate of drug-likeness (QED) is 0.770. The molecule has 1 heterocycles. The van der Waals surface area contributed by atoms with E-state index in [1.54, 1.807) is 0 Å². The van der Waals surface area contributed by atoms with E-state index >= 15 is 0 Å². The monoisotopic (exact) mass is 331 g/mol. The van der Waals surface area contributed by atoms with Crippen LogP contribution in [-0.4, -0.2) is 36.5 Å². The zero-order valence-corrected chi connectivity index (χ0v) is 15.0. The Kier molecular flexibility index (Phi) is 6.79. The van der Waals surface area contributed by atoms with Gasteiger partial charge in [0.2, 0.25) is 5.91 Å². The molecule has 1 aromatic carbocycles. The van der Waals surface area contributed by atoms with Gasteiger partial charge in [-0.15, -0.1) is 0 Å². The van der Waals surface area contributed by atoms with Crippen LogP contribution in [0.1, 0.15) is 50.8 Å². The third kappa shape index (κ3) is 4.81. The van der Waals surface area contributed by atoms with Crippen molar-refractivity contribution in [3.63, 3.8) is 0 Å². The van der Waals surface area contributed by atoms with Crippen molar-refractivity contribution >= 4 is 11.9 Å². The number of rotatable bonds is 8. The summed E-state index contributed by atoms with van der Waals surface area (Å²) in [5.74, 6) is 0.182. The minimum absolute atomic E-state index is 0.0971. The summed E-state index contributed by atoms with van der Waals surface area (Å²) in [6.45, 7) is 7.64. The molecule has 0 bridgehead atoms. The Balaban J connectivity index is 1.96. The molecule has 1 aliphatic rings. The van der Waals surface area contributed by atoms with Crippen molar-refractivity contribution in [2.24, 2.45) is 5.92 Å². The van der Waals surface area contributed by atoms with Gasteiger partial charge in [0, 0.05) is 19.1 Å². The molecule has 5 heteroatoms. The molecule has 0 aliphatic carbocycles. The average molecular weight is 331 g/mol. The minimum Gasteiger partial charge on any atom is -0.336 e. The van der Waals surface area contributed by atoms with Crippen molar-refractivity contribution < 1.29 is 9.59 Å². The summed E-state index contributed by atoms with van der Waals surface area (Å²) in [5, 5.41) is 5.98. The van der Waals surface area contributed by atoms with Crippen molar-refractivity contribution in [1.29, 1.82) is 0 Å². The van der Waals surface area contributed by atoms with E-state index in [1.165, 1.54) is 28.9 Å². The van der Waals surface area contributed by atoms with E-state index in [1.807, 2.05) is 0 Å². The van der Waals surface area contributed by atoms with Gasteiger partial charge in [-0.3, -0.25) is 9.69 Å². The molecule has 1 fully saturated rings. The molecule has 132 valence electrons. The second-order valence-electron chi connectivity index (χ2n) is 6.73. The maximum Gasteiger partial charge on any atom is 0.324 e. The molecule has 3 amide bonds. The molecule has 5 nitrogen and oxygen atoms in total. The SMILES string of the molecule is CCCCc1ccc([C@H](NCC(=O)N2CCNC2=O)C(C)C)cc1.